The first kappa shape index (κ1) is 12.4. The Labute approximate surface area is 106 Å². The highest BCUT2D eigenvalue weighted by atomic mass is 16.6. The van der Waals surface area contributed by atoms with Crippen molar-refractivity contribution in [3.8, 4) is 11.6 Å². The van der Waals surface area contributed by atoms with Crippen molar-refractivity contribution >= 4 is 11.4 Å². The third-order valence-electron chi connectivity index (χ3n) is 2.19. The van der Waals surface area contributed by atoms with Crippen molar-refractivity contribution in [1.82, 2.24) is 4.98 Å². The van der Waals surface area contributed by atoms with Crippen LogP contribution in [0.1, 0.15) is 0 Å². The van der Waals surface area contributed by atoms with Crippen LogP contribution in [0, 0.1) is 20.2 Å². The van der Waals surface area contributed by atoms with Gasteiger partial charge in [-0.1, -0.05) is 6.07 Å². The Bertz CT molecular complexity index is 644. The van der Waals surface area contributed by atoms with Crippen LogP contribution in [0.4, 0.5) is 11.4 Å². The monoisotopic (exact) mass is 261 g/mol. The largest absolute Gasteiger partial charge is 0.433 e. The second-order valence-corrected chi connectivity index (χ2v) is 3.44. The molecule has 0 radical (unpaired) electrons. The van der Waals surface area contributed by atoms with E-state index in [9.17, 15) is 20.2 Å². The standard InChI is InChI=1S/C11H7N3O5/c15-13(16)8-3-1-4-9(7-8)19-11-10(14(17)18)5-2-6-12-11/h1-7H. The molecular formula is C11H7N3O5. The molecule has 0 amide bonds. The molecule has 8 nitrogen and oxygen atoms in total. The Kier molecular flexibility index (Phi) is 3.33. The summed E-state index contributed by atoms with van der Waals surface area (Å²) >= 11 is 0. The van der Waals surface area contributed by atoms with E-state index in [0.717, 1.165) is 0 Å². The van der Waals surface area contributed by atoms with E-state index in [1.807, 2.05) is 0 Å². The third kappa shape index (κ3) is 2.80. The Hall–Kier alpha value is -3.03. The van der Waals surface area contributed by atoms with Crippen LogP contribution in [-0.2, 0) is 0 Å². The predicted molar refractivity (Wildman–Crippen MR) is 64.1 cm³/mol. The van der Waals surface area contributed by atoms with E-state index in [1.54, 1.807) is 0 Å². The van der Waals surface area contributed by atoms with Crippen molar-refractivity contribution < 1.29 is 14.6 Å². The number of non-ortho nitro benzene ring substituents is 1. The molecule has 0 aliphatic rings. The van der Waals surface area contributed by atoms with Gasteiger partial charge < -0.3 is 4.74 Å². The molecule has 2 aromatic rings. The van der Waals surface area contributed by atoms with Crippen LogP contribution in [0.2, 0.25) is 0 Å². The van der Waals surface area contributed by atoms with Crippen LogP contribution in [0.5, 0.6) is 11.6 Å². The fourth-order valence-electron chi connectivity index (χ4n) is 1.37. The minimum atomic E-state index is -0.639. The van der Waals surface area contributed by atoms with Gasteiger partial charge in [0.2, 0.25) is 0 Å². The van der Waals surface area contributed by atoms with Gasteiger partial charge in [0, 0.05) is 18.3 Å². The number of nitro benzene ring substituents is 1. The number of aromatic nitrogens is 1. The van der Waals surface area contributed by atoms with E-state index in [1.165, 1.54) is 42.6 Å². The number of pyridine rings is 1. The van der Waals surface area contributed by atoms with Gasteiger partial charge >= 0.3 is 5.69 Å². The first-order valence-corrected chi connectivity index (χ1v) is 5.09. The van der Waals surface area contributed by atoms with Crippen LogP contribution in [0.25, 0.3) is 0 Å². The second kappa shape index (κ2) is 5.08. The van der Waals surface area contributed by atoms with Gasteiger partial charge in [0.15, 0.2) is 0 Å². The Morgan fingerprint density at radius 2 is 1.84 bits per heavy atom. The summed E-state index contributed by atoms with van der Waals surface area (Å²) in [6, 6.07) is 7.96. The van der Waals surface area contributed by atoms with Crippen molar-refractivity contribution in [3.05, 3.63) is 62.8 Å². The van der Waals surface area contributed by atoms with Crippen molar-refractivity contribution in [1.29, 1.82) is 0 Å². The molecule has 0 saturated heterocycles. The number of nitro groups is 2. The van der Waals surface area contributed by atoms with Crippen molar-refractivity contribution in [2.45, 2.75) is 0 Å². The molecule has 0 spiro atoms. The second-order valence-electron chi connectivity index (χ2n) is 3.44. The van der Waals surface area contributed by atoms with Crippen LogP contribution in [0.3, 0.4) is 0 Å². The highest BCUT2D eigenvalue weighted by molar-refractivity contribution is 5.45. The van der Waals surface area contributed by atoms with Crippen LogP contribution >= 0.6 is 0 Å². The molecule has 0 bridgehead atoms. The van der Waals surface area contributed by atoms with Gasteiger partial charge in [-0.2, -0.15) is 0 Å². The molecular weight excluding hydrogens is 254 g/mol. The smallest absolute Gasteiger partial charge is 0.331 e. The summed E-state index contributed by atoms with van der Waals surface area (Å²) in [5.41, 5.74) is -0.481. The van der Waals surface area contributed by atoms with Gasteiger partial charge in [-0.3, -0.25) is 20.2 Å². The number of ether oxygens (including phenoxy) is 1. The summed E-state index contributed by atoms with van der Waals surface area (Å²) in [6.07, 6.45) is 1.33. The first-order valence-electron chi connectivity index (χ1n) is 5.09. The van der Waals surface area contributed by atoms with Crippen molar-refractivity contribution in [3.63, 3.8) is 0 Å². The molecule has 1 aromatic carbocycles. The molecule has 0 N–H and O–H groups in total. The van der Waals surface area contributed by atoms with E-state index in [0.29, 0.717) is 0 Å². The fraction of sp³-hybridized carbons (Fsp3) is 0. The average Bonchev–Trinajstić information content (AvgIpc) is 2.39. The minimum absolute atomic E-state index is 0.107. The lowest BCUT2D eigenvalue weighted by Gasteiger charge is -2.04. The van der Waals surface area contributed by atoms with Gasteiger partial charge in [0.05, 0.1) is 15.9 Å². The molecule has 0 aliphatic heterocycles. The zero-order valence-corrected chi connectivity index (χ0v) is 9.42. The number of benzene rings is 1. The molecule has 0 aliphatic carbocycles. The molecule has 0 fully saturated rings. The van der Waals surface area contributed by atoms with Crippen LogP contribution in [0.15, 0.2) is 42.6 Å². The van der Waals surface area contributed by atoms with Gasteiger partial charge in [-0.05, 0) is 12.1 Å². The quantitative estimate of drug-likeness (QED) is 0.618. The highest BCUT2D eigenvalue weighted by Gasteiger charge is 2.17. The third-order valence-corrected chi connectivity index (χ3v) is 2.19. The molecule has 0 atom stereocenters. The Balaban J connectivity index is 2.34. The topological polar surface area (TPSA) is 108 Å². The van der Waals surface area contributed by atoms with E-state index in [4.69, 9.17) is 4.74 Å². The van der Waals surface area contributed by atoms with Gasteiger partial charge in [0.1, 0.15) is 5.75 Å². The molecule has 1 heterocycles. The van der Waals surface area contributed by atoms with Crippen molar-refractivity contribution in [2.75, 3.05) is 0 Å². The molecule has 96 valence electrons. The molecule has 0 saturated carbocycles. The van der Waals surface area contributed by atoms with Crippen LogP contribution in [-0.4, -0.2) is 14.8 Å². The zero-order valence-electron chi connectivity index (χ0n) is 9.42. The molecule has 2 rings (SSSR count). The van der Waals surface area contributed by atoms with E-state index in [-0.39, 0.29) is 23.0 Å². The SMILES string of the molecule is O=[N+]([O-])c1cccc(Oc2ncccc2[N+](=O)[O-])c1. The highest BCUT2D eigenvalue weighted by Crippen LogP contribution is 2.29. The van der Waals surface area contributed by atoms with E-state index >= 15 is 0 Å². The molecule has 19 heavy (non-hydrogen) atoms. The summed E-state index contributed by atoms with van der Waals surface area (Å²) in [5, 5.41) is 21.4. The summed E-state index contributed by atoms with van der Waals surface area (Å²) in [7, 11) is 0. The fourth-order valence-corrected chi connectivity index (χ4v) is 1.37. The lowest BCUT2D eigenvalue weighted by Crippen LogP contribution is -1.96. The molecule has 8 heteroatoms. The summed E-state index contributed by atoms with van der Waals surface area (Å²) < 4.78 is 5.20. The Morgan fingerprint density at radius 3 is 2.53 bits per heavy atom. The van der Waals surface area contributed by atoms with Gasteiger partial charge in [0.25, 0.3) is 11.6 Å². The van der Waals surface area contributed by atoms with Crippen LogP contribution < -0.4 is 4.74 Å². The number of hydrogen-bond donors (Lipinski definition) is 0. The number of hydrogen-bond acceptors (Lipinski definition) is 6. The molecule has 1 aromatic heterocycles. The molecule has 0 unspecified atom stereocenters. The van der Waals surface area contributed by atoms with Gasteiger partial charge in [-0.15, -0.1) is 0 Å². The maximum absolute atomic E-state index is 10.8. The maximum atomic E-state index is 10.8. The lowest BCUT2D eigenvalue weighted by molar-refractivity contribution is -0.386. The van der Waals surface area contributed by atoms with E-state index in [2.05, 4.69) is 4.98 Å². The first-order chi connectivity index (χ1) is 9.08. The number of rotatable bonds is 4. The summed E-state index contributed by atoms with van der Waals surface area (Å²) in [5.74, 6) is -0.107. The average molecular weight is 261 g/mol. The zero-order chi connectivity index (χ0) is 13.8. The summed E-state index contributed by atoms with van der Waals surface area (Å²) in [6.45, 7) is 0. The predicted octanol–water partition coefficient (Wildman–Crippen LogP) is 2.69. The maximum Gasteiger partial charge on any atom is 0.331 e. The van der Waals surface area contributed by atoms with E-state index < -0.39 is 9.85 Å². The Morgan fingerprint density at radius 1 is 1.05 bits per heavy atom. The van der Waals surface area contributed by atoms with Crippen molar-refractivity contribution in [2.24, 2.45) is 0 Å². The summed E-state index contributed by atoms with van der Waals surface area (Å²) in [4.78, 5) is 23.9. The van der Waals surface area contributed by atoms with Gasteiger partial charge in [-0.25, -0.2) is 4.98 Å². The minimum Gasteiger partial charge on any atom is -0.433 e. The lowest BCUT2D eigenvalue weighted by atomic mass is 10.3. The number of nitrogens with zero attached hydrogens (tertiary/aromatic N) is 3. The normalized spacial score (nSPS) is 9.89.